The van der Waals surface area contributed by atoms with Gasteiger partial charge in [0.15, 0.2) is 0 Å². The zero-order valence-corrected chi connectivity index (χ0v) is 7.83. The maximum Gasteiger partial charge on any atom is 0.141 e. The molecule has 0 saturated carbocycles. The van der Waals surface area contributed by atoms with Gasteiger partial charge in [-0.3, -0.25) is 0 Å². The van der Waals surface area contributed by atoms with Crippen molar-refractivity contribution in [3.8, 4) is 0 Å². The number of rotatable bonds is 2. The number of hydrogen-bond donors (Lipinski definition) is 0. The van der Waals surface area contributed by atoms with Crippen LogP contribution in [-0.4, -0.2) is 4.74 Å². The maximum atomic E-state index is 5.18. The highest BCUT2D eigenvalue weighted by Crippen LogP contribution is 2.03. The van der Waals surface area contributed by atoms with E-state index in [2.05, 4.69) is 0 Å². The van der Waals surface area contributed by atoms with E-state index in [9.17, 15) is 0 Å². The lowest BCUT2D eigenvalue weighted by molar-refractivity contribution is 0.282. The van der Waals surface area contributed by atoms with Crippen LogP contribution < -0.4 is 0 Å². The molecular formula is C10H9NOS. The molecule has 0 bridgehead atoms. The monoisotopic (exact) mass is 191 g/mol. The molecule has 0 radical (unpaired) electrons. The molecule has 2 aromatic rings. The van der Waals surface area contributed by atoms with E-state index < -0.39 is 0 Å². The van der Waals surface area contributed by atoms with E-state index in [4.69, 9.17) is 16.7 Å². The van der Waals surface area contributed by atoms with Crippen molar-refractivity contribution in [3.63, 3.8) is 0 Å². The Kier molecular flexibility index (Phi) is 2.27. The van der Waals surface area contributed by atoms with Crippen LogP contribution in [0.3, 0.4) is 0 Å². The van der Waals surface area contributed by atoms with Crippen LogP contribution in [0.1, 0.15) is 5.56 Å². The quantitative estimate of drug-likeness (QED) is 0.679. The van der Waals surface area contributed by atoms with E-state index in [1.165, 1.54) is 5.56 Å². The molecule has 0 aliphatic carbocycles. The fourth-order valence-electron chi connectivity index (χ4n) is 1.16. The highest BCUT2D eigenvalue weighted by molar-refractivity contribution is 7.71. The summed E-state index contributed by atoms with van der Waals surface area (Å²) in [4.78, 5) is 0. The molecule has 66 valence electrons. The van der Waals surface area contributed by atoms with Crippen LogP contribution in [0.4, 0.5) is 0 Å². The Balaban J connectivity index is 2.25. The smallest absolute Gasteiger partial charge is 0.141 e. The Morgan fingerprint density at radius 3 is 2.54 bits per heavy atom. The Morgan fingerprint density at radius 1 is 1.15 bits per heavy atom. The molecular weight excluding hydrogens is 182 g/mol. The number of aromatic nitrogens is 1. The predicted molar refractivity (Wildman–Crippen MR) is 53.1 cm³/mol. The first-order valence-corrected chi connectivity index (χ1v) is 4.46. The topological polar surface area (TPSA) is 18.1 Å². The highest BCUT2D eigenvalue weighted by atomic mass is 32.1. The molecule has 0 aliphatic heterocycles. The fraction of sp³-hybridized carbons (Fsp3) is 0.100. The van der Waals surface area contributed by atoms with Gasteiger partial charge in [-0.1, -0.05) is 42.5 Å². The van der Waals surface area contributed by atoms with Crippen LogP contribution in [0.2, 0.25) is 0 Å². The van der Waals surface area contributed by atoms with Crippen molar-refractivity contribution in [2.45, 2.75) is 6.54 Å². The van der Waals surface area contributed by atoms with E-state index in [0.29, 0.717) is 6.54 Å². The summed E-state index contributed by atoms with van der Waals surface area (Å²) in [6.07, 6.45) is 1.60. The summed E-state index contributed by atoms with van der Waals surface area (Å²) in [5.74, 6) is 0. The molecule has 0 saturated heterocycles. The summed E-state index contributed by atoms with van der Waals surface area (Å²) in [5, 5.41) is 0. The molecule has 2 nitrogen and oxygen atoms in total. The summed E-state index contributed by atoms with van der Waals surface area (Å²) < 4.78 is 7.59. The van der Waals surface area contributed by atoms with E-state index in [-0.39, 0.29) is 0 Å². The second-order valence-corrected chi connectivity index (χ2v) is 3.19. The molecule has 13 heavy (non-hydrogen) atoms. The van der Waals surface area contributed by atoms with Gasteiger partial charge in [-0.15, -0.1) is 0 Å². The number of benzene rings is 1. The third kappa shape index (κ3) is 1.87. The van der Waals surface area contributed by atoms with Crippen LogP contribution in [0.15, 0.2) is 47.2 Å². The second kappa shape index (κ2) is 3.58. The van der Waals surface area contributed by atoms with Crippen molar-refractivity contribution in [1.82, 2.24) is 4.74 Å². The van der Waals surface area contributed by atoms with Gasteiger partial charge in [0.2, 0.25) is 0 Å². The Bertz CT molecular complexity index is 429. The summed E-state index contributed by atoms with van der Waals surface area (Å²) in [6, 6.07) is 11.9. The molecule has 1 aromatic carbocycles. The third-order valence-corrected chi connectivity index (χ3v) is 2.15. The fourth-order valence-corrected chi connectivity index (χ4v) is 1.32. The van der Waals surface area contributed by atoms with Gasteiger partial charge < -0.3 is 4.52 Å². The third-order valence-electron chi connectivity index (χ3n) is 1.81. The SMILES string of the molecule is S=c1ccon1Cc1ccccc1. The van der Waals surface area contributed by atoms with Crippen LogP contribution in [-0.2, 0) is 6.54 Å². The molecule has 2 rings (SSSR count). The minimum absolute atomic E-state index is 0.701. The number of nitrogens with zero attached hydrogens (tertiary/aromatic N) is 1. The van der Waals surface area contributed by atoms with Gasteiger partial charge in [0, 0.05) is 6.07 Å². The van der Waals surface area contributed by atoms with Gasteiger partial charge in [0.1, 0.15) is 10.9 Å². The Hall–Kier alpha value is -1.35. The average molecular weight is 191 g/mol. The first-order valence-electron chi connectivity index (χ1n) is 4.05. The van der Waals surface area contributed by atoms with Crippen molar-refractivity contribution in [3.05, 3.63) is 52.9 Å². The van der Waals surface area contributed by atoms with Crippen LogP contribution >= 0.6 is 12.2 Å². The molecule has 0 atom stereocenters. The molecule has 0 N–H and O–H groups in total. The van der Waals surface area contributed by atoms with Crippen molar-refractivity contribution >= 4 is 12.2 Å². The van der Waals surface area contributed by atoms with Crippen molar-refractivity contribution < 1.29 is 4.52 Å². The largest absolute Gasteiger partial charge is 0.386 e. The normalized spacial score (nSPS) is 10.2. The van der Waals surface area contributed by atoms with Crippen LogP contribution in [0, 0.1) is 4.64 Å². The van der Waals surface area contributed by atoms with E-state index >= 15 is 0 Å². The van der Waals surface area contributed by atoms with Crippen LogP contribution in [0.25, 0.3) is 0 Å². The van der Waals surface area contributed by atoms with Crippen LogP contribution in [0.5, 0.6) is 0 Å². The Morgan fingerprint density at radius 2 is 1.92 bits per heavy atom. The van der Waals surface area contributed by atoms with Crippen molar-refractivity contribution in [2.24, 2.45) is 0 Å². The minimum atomic E-state index is 0.701. The van der Waals surface area contributed by atoms with Gasteiger partial charge in [0.25, 0.3) is 0 Å². The van der Waals surface area contributed by atoms with Crippen molar-refractivity contribution in [2.75, 3.05) is 0 Å². The summed E-state index contributed by atoms with van der Waals surface area (Å²) >= 11 is 5.05. The summed E-state index contributed by atoms with van der Waals surface area (Å²) in [5.41, 5.74) is 1.19. The van der Waals surface area contributed by atoms with E-state index in [1.807, 2.05) is 30.3 Å². The molecule has 3 heteroatoms. The summed E-state index contributed by atoms with van der Waals surface area (Å²) in [6.45, 7) is 0.701. The minimum Gasteiger partial charge on any atom is -0.386 e. The molecule has 0 unspecified atom stereocenters. The maximum absolute atomic E-state index is 5.18. The Labute approximate surface area is 81.4 Å². The highest BCUT2D eigenvalue weighted by Gasteiger charge is 1.95. The predicted octanol–water partition coefficient (Wildman–Crippen LogP) is 2.86. The van der Waals surface area contributed by atoms with Crippen molar-refractivity contribution in [1.29, 1.82) is 0 Å². The van der Waals surface area contributed by atoms with Gasteiger partial charge in [0.05, 0.1) is 6.54 Å². The molecule has 1 aromatic heterocycles. The van der Waals surface area contributed by atoms with E-state index in [1.54, 1.807) is 17.1 Å². The first kappa shape index (κ1) is 8.26. The molecule has 0 aliphatic rings. The molecule has 0 spiro atoms. The van der Waals surface area contributed by atoms with Gasteiger partial charge in [-0.2, -0.15) is 4.74 Å². The zero-order chi connectivity index (χ0) is 9.10. The zero-order valence-electron chi connectivity index (χ0n) is 7.01. The molecule has 0 amide bonds. The van der Waals surface area contributed by atoms with Gasteiger partial charge >= 0.3 is 0 Å². The van der Waals surface area contributed by atoms with E-state index in [0.717, 1.165) is 4.64 Å². The average Bonchev–Trinajstić information content (AvgIpc) is 2.54. The van der Waals surface area contributed by atoms with Gasteiger partial charge in [-0.25, -0.2) is 0 Å². The second-order valence-electron chi connectivity index (χ2n) is 2.77. The number of hydrogen-bond acceptors (Lipinski definition) is 2. The van der Waals surface area contributed by atoms with Gasteiger partial charge in [-0.05, 0) is 5.56 Å². The molecule has 0 fully saturated rings. The standard InChI is InChI=1S/C10H9NOS/c13-10-6-7-12-11(10)8-9-4-2-1-3-5-9/h1-7H,8H2. The lowest BCUT2D eigenvalue weighted by Crippen LogP contribution is -1.96. The first-order chi connectivity index (χ1) is 6.36. The lowest BCUT2D eigenvalue weighted by Gasteiger charge is -1.99. The summed E-state index contributed by atoms with van der Waals surface area (Å²) in [7, 11) is 0. The lowest BCUT2D eigenvalue weighted by atomic mass is 10.2. The molecule has 1 heterocycles.